The fourth-order valence-electron chi connectivity index (χ4n) is 2.28. The van der Waals surface area contributed by atoms with Gasteiger partial charge in [-0.05, 0) is 32.4 Å². The maximum absolute atomic E-state index is 11.8. The van der Waals surface area contributed by atoms with Gasteiger partial charge in [-0.25, -0.2) is 4.79 Å². The number of hydrogen-bond acceptors (Lipinski definition) is 4. The summed E-state index contributed by atoms with van der Waals surface area (Å²) < 4.78 is 10.8. The Morgan fingerprint density at radius 3 is 2.70 bits per heavy atom. The molecule has 0 fully saturated rings. The number of carbonyl (C=O) groups excluding carboxylic acids is 2. The number of amides is 2. The number of hydrogen-bond donors (Lipinski definition) is 2. The van der Waals surface area contributed by atoms with Crippen molar-refractivity contribution in [3.8, 4) is 5.75 Å². The van der Waals surface area contributed by atoms with Gasteiger partial charge in [0.15, 0.2) is 0 Å². The molecule has 0 saturated carbocycles. The van der Waals surface area contributed by atoms with Crippen molar-refractivity contribution >= 4 is 12.0 Å². The summed E-state index contributed by atoms with van der Waals surface area (Å²) in [6.07, 6.45) is 0.459. The number of fused-ring (bicyclic) bond motifs is 1. The van der Waals surface area contributed by atoms with Crippen LogP contribution in [0.15, 0.2) is 24.3 Å². The minimum atomic E-state index is -0.541. The fraction of sp³-hybridized carbons (Fsp3) is 0.529. The number of para-hydroxylation sites is 1. The average Bonchev–Trinajstić information content (AvgIpc) is 2.86. The minimum Gasteiger partial charge on any atom is -0.488 e. The van der Waals surface area contributed by atoms with Gasteiger partial charge < -0.3 is 20.1 Å². The molecule has 0 radical (unpaired) electrons. The normalized spacial score (nSPS) is 16.2. The van der Waals surface area contributed by atoms with Crippen molar-refractivity contribution in [2.75, 3.05) is 13.1 Å². The predicted molar refractivity (Wildman–Crippen MR) is 86.4 cm³/mol. The third-order valence-corrected chi connectivity index (χ3v) is 3.26. The number of alkyl carbamates (subject to hydrolysis) is 1. The molecule has 126 valence electrons. The quantitative estimate of drug-likeness (QED) is 0.870. The van der Waals surface area contributed by atoms with Crippen LogP contribution >= 0.6 is 0 Å². The summed E-state index contributed by atoms with van der Waals surface area (Å²) in [5.41, 5.74) is 0.625. The van der Waals surface area contributed by atoms with E-state index in [9.17, 15) is 9.59 Å². The fourth-order valence-corrected chi connectivity index (χ4v) is 2.28. The first-order valence-corrected chi connectivity index (χ1v) is 7.81. The number of nitrogens with one attached hydrogen (secondary N) is 2. The van der Waals surface area contributed by atoms with Crippen LogP contribution in [0, 0.1) is 0 Å². The molecular formula is C17H24N2O4. The number of benzene rings is 1. The Labute approximate surface area is 136 Å². The van der Waals surface area contributed by atoms with Crippen molar-refractivity contribution in [3.63, 3.8) is 0 Å². The molecule has 0 saturated heterocycles. The van der Waals surface area contributed by atoms with E-state index < -0.39 is 11.7 Å². The van der Waals surface area contributed by atoms with Gasteiger partial charge in [-0.3, -0.25) is 4.79 Å². The molecule has 23 heavy (non-hydrogen) atoms. The van der Waals surface area contributed by atoms with Crippen molar-refractivity contribution in [1.82, 2.24) is 10.6 Å². The van der Waals surface area contributed by atoms with Crippen LogP contribution < -0.4 is 15.4 Å². The first kappa shape index (κ1) is 17.1. The second-order valence-electron chi connectivity index (χ2n) is 6.53. The summed E-state index contributed by atoms with van der Waals surface area (Å²) in [4.78, 5) is 23.2. The monoisotopic (exact) mass is 320 g/mol. The van der Waals surface area contributed by atoms with Crippen molar-refractivity contribution < 1.29 is 19.1 Å². The maximum Gasteiger partial charge on any atom is 0.407 e. The van der Waals surface area contributed by atoms with Gasteiger partial charge in [0.05, 0.1) is 6.54 Å². The first-order valence-electron chi connectivity index (χ1n) is 7.81. The Morgan fingerprint density at radius 2 is 2.00 bits per heavy atom. The van der Waals surface area contributed by atoms with Crippen molar-refractivity contribution in [2.45, 2.75) is 45.3 Å². The predicted octanol–water partition coefficient (Wildman–Crippen LogP) is 2.02. The largest absolute Gasteiger partial charge is 0.488 e. The molecule has 0 aromatic heterocycles. The zero-order chi connectivity index (χ0) is 16.9. The van der Waals surface area contributed by atoms with Crippen LogP contribution in [-0.2, 0) is 16.0 Å². The Morgan fingerprint density at radius 1 is 1.26 bits per heavy atom. The number of carbonyl (C=O) groups is 2. The van der Waals surface area contributed by atoms with E-state index in [0.29, 0.717) is 6.54 Å². The smallest absolute Gasteiger partial charge is 0.407 e. The van der Waals surface area contributed by atoms with Gasteiger partial charge >= 0.3 is 6.09 Å². The molecule has 2 N–H and O–H groups in total. The van der Waals surface area contributed by atoms with Crippen LogP contribution in [0.5, 0.6) is 5.75 Å². The molecule has 0 aliphatic carbocycles. The molecule has 1 heterocycles. The summed E-state index contributed by atoms with van der Waals surface area (Å²) in [5, 5.41) is 5.38. The maximum atomic E-state index is 11.8. The summed E-state index contributed by atoms with van der Waals surface area (Å²) >= 11 is 0. The molecule has 1 unspecified atom stereocenters. The standard InChI is InChI=1S/C17H24N2O4/c1-17(2,3)23-16(21)18-9-8-15(20)19-11-13-10-12-6-4-5-7-14(12)22-13/h4-7,13H,8-11H2,1-3H3,(H,18,21)(H,19,20). The van der Waals surface area contributed by atoms with Crippen molar-refractivity contribution in [3.05, 3.63) is 29.8 Å². The lowest BCUT2D eigenvalue weighted by Gasteiger charge is -2.19. The third-order valence-electron chi connectivity index (χ3n) is 3.26. The third kappa shape index (κ3) is 5.81. The molecule has 6 heteroatoms. The lowest BCUT2D eigenvalue weighted by Crippen LogP contribution is -2.37. The van der Waals surface area contributed by atoms with Crippen molar-refractivity contribution in [1.29, 1.82) is 0 Å². The van der Waals surface area contributed by atoms with E-state index in [2.05, 4.69) is 10.6 Å². The van der Waals surface area contributed by atoms with Crippen LogP contribution in [0.4, 0.5) is 4.79 Å². The number of ether oxygens (including phenoxy) is 2. The van der Waals surface area contributed by atoms with Gasteiger partial charge in [0.1, 0.15) is 17.5 Å². The SMILES string of the molecule is CC(C)(C)OC(=O)NCCC(=O)NCC1Cc2ccccc2O1. The zero-order valence-corrected chi connectivity index (χ0v) is 13.8. The molecule has 6 nitrogen and oxygen atoms in total. The topological polar surface area (TPSA) is 76.7 Å². The van der Waals surface area contributed by atoms with Gasteiger partial charge in [-0.2, -0.15) is 0 Å². The lowest BCUT2D eigenvalue weighted by molar-refractivity contribution is -0.121. The molecule has 0 bridgehead atoms. The van der Waals surface area contributed by atoms with Gasteiger partial charge in [-0.15, -0.1) is 0 Å². The van der Waals surface area contributed by atoms with E-state index in [1.54, 1.807) is 20.8 Å². The average molecular weight is 320 g/mol. The molecule has 0 spiro atoms. The molecule has 1 aliphatic rings. The second kappa shape index (κ2) is 7.35. The van der Waals surface area contributed by atoms with Gasteiger partial charge in [0, 0.05) is 19.4 Å². The highest BCUT2D eigenvalue weighted by Crippen LogP contribution is 2.27. The lowest BCUT2D eigenvalue weighted by atomic mass is 10.1. The molecule has 1 aromatic carbocycles. The zero-order valence-electron chi connectivity index (χ0n) is 13.8. The highest BCUT2D eigenvalue weighted by atomic mass is 16.6. The number of rotatable bonds is 5. The van der Waals surface area contributed by atoms with Crippen LogP contribution in [-0.4, -0.2) is 36.8 Å². The Bertz CT molecular complexity index is 541. The van der Waals surface area contributed by atoms with E-state index in [-0.39, 0.29) is 25.0 Å². The minimum absolute atomic E-state index is 0.0323. The van der Waals surface area contributed by atoms with Gasteiger partial charge in [-0.1, -0.05) is 18.2 Å². The van der Waals surface area contributed by atoms with E-state index in [4.69, 9.17) is 9.47 Å². The van der Waals surface area contributed by atoms with Crippen molar-refractivity contribution in [2.24, 2.45) is 0 Å². The van der Waals surface area contributed by atoms with E-state index in [1.165, 1.54) is 5.56 Å². The Balaban J connectivity index is 1.60. The molecular weight excluding hydrogens is 296 g/mol. The summed E-state index contributed by atoms with van der Waals surface area (Å²) in [5.74, 6) is 0.763. The van der Waals surface area contributed by atoms with Gasteiger partial charge in [0.25, 0.3) is 0 Å². The van der Waals surface area contributed by atoms with Crippen LogP contribution in [0.3, 0.4) is 0 Å². The van der Waals surface area contributed by atoms with Crippen LogP contribution in [0.2, 0.25) is 0 Å². The van der Waals surface area contributed by atoms with E-state index in [0.717, 1.165) is 12.2 Å². The molecule has 2 rings (SSSR count). The molecule has 1 aliphatic heterocycles. The molecule has 1 aromatic rings. The summed E-state index contributed by atoms with van der Waals surface area (Å²) in [6, 6.07) is 7.87. The molecule has 1 atom stereocenters. The summed E-state index contributed by atoms with van der Waals surface area (Å²) in [7, 11) is 0. The second-order valence-corrected chi connectivity index (χ2v) is 6.53. The Hall–Kier alpha value is -2.24. The van der Waals surface area contributed by atoms with Gasteiger partial charge in [0.2, 0.25) is 5.91 Å². The molecule has 2 amide bonds. The van der Waals surface area contributed by atoms with E-state index >= 15 is 0 Å². The highest BCUT2D eigenvalue weighted by molar-refractivity contribution is 5.77. The van der Waals surface area contributed by atoms with E-state index in [1.807, 2.05) is 24.3 Å². The Kier molecular flexibility index (Phi) is 5.47. The summed E-state index contributed by atoms with van der Waals surface area (Å²) in [6.45, 7) is 6.07. The van der Waals surface area contributed by atoms with Crippen LogP contribution in [0.1, 0.15) is 32.8 Å². The highest BCUT2D eigenvalue weighted by Gasteiger charge is 2.22. The first-order chi connectivity index (χ1) is 10.8. The van der Waals surface area contributed by atoms with Crippen LogP contribution in [0.25, 0.3) is 0 Å².